The van der Waals surface area contributed by atoms with Crippen molar-refractivity contribution in [3.8, 4) is 0 Å². The average molecular weight is 205 g/mol. The molecular formula is C13H19NO. The fourth-order valence-corrected chi connectivity index (χ4v) is 1.94. The summed E-state index contributed by atoms with van der Waals surface area (Å²) >= 11 is 0. The molecule has 1 aliphatic rings. The molecule has 1 fully saturated rings. The number of ether oxygens (including phenoxy) is 1. The first-order valence-corrected chi connectivity index (χ1v) is 5.70. The summed E-state index contributed by atoms with van der Waals surface area (Å²) in [6, 6.07) is 8.49. The lowest BCUT2D eigenvalue weighted by atomic mass is 10.2. The monoisotopic (exact) mass is 205 g/mol. The van der Waals surface area contributed by atoms with E-state index in [4.69, 9.17) is 4.74 Å². The zero-order valence-corrected chi connectivity index (χ0v) is 9.49. The number of nitrogens with one attached hydrogen (secondary N) is 1. The van der Waals surface area contributed by atoms with Gasteiger partial charge in [0, 0.05) is 12.2 Å². The van der Waals surface area contributed by atoms with Crippen molar-refractivity contribution in [1.29, 1.82) is 0 Å². The molecule has 2 unspecified atom stereocenters. The van der Waals surface area contributed by atoms with Crippen molar-refractivity contribution in [1.82, 2.24) is 0 Å². The van der Waals surface area contributed by atoms with Crippen molar-refractivity contribution < 1.29 is 4.74 Å². The second kappa shape index (κ2) is 4.67. The van der Waals surface area contributed by atoms with E-state index in [-0.39, 0.29) is 0 Å². The first-order valence-electron chi connectivity index (χ1n) is 5.70. The smallest absolute Gasteiger partial charge is 0.0751 e. The van der Waals surface area contributed by atoms with Gasteiger partial charge in [-0.05, 0) is 38.8 Å². The van der Waals surface area contributed by atoms with Crippen LogP contribution in [-0.4, -0.2) is 18.8 Å². The average Bonchev–Trinajstić information content (AvgIpc) is 2.64. The number of hydrogen-bond acceptors (Lipinski definition) is 2. The summed E-state index contributed by atoms with van der Waals surface area (Å²) in [5, 5.41) is 3.41. The minimum atomic E-state index is 0.390. The van der Waals surface area contributed by atoms with Gasteiger partial charge in [-0.2, -0.15) is 0 Å². The molecule has 0 aromatic heterocycles. The minimum Gasteiger partial charge on any atom is -0.382 e. The van der Waals surface area contributed by atoms with Crippen molar-refractivity contribution in [2.45, 2.75) is 38.9 Å². The van der Waals surface area contributed by atoms with Gasteiger partial charge in [-0.3, -0.25) is 0 Å². The van der Waals surface area contributed by atoms with Crippen molar-refractivity contribution in [3.63, 3.8) is 0 Å². The van der Waals surface area contributed by atoms with Gasteiger partial charge in [-0.25, -0.2) is 0 Å². The van der Waals surface area contributed by atoms with Crippen molar-refractivity contribution in [3.05, 3.63) is 29.8 Å². The SMILES string of the molecule is Cc1ccc(NCC2CCC(C)O2)cc1. The summed E-state index contributed by atoms with van der Waals surface area (Å²) in [6.45, 7) is 5.17. The third-order valence-electron chi connectivity index (χ3n) is 2.91. The summed E-state index contributed by atoms with van der Waals surface area (Å²) in [7, 11) is 0. The molecule has 0 amide bonds. The second-order valence-corrected chi connectivity index (χ2v) is 4.39. The Morgan fingerprint density at radius 3 is 2.60 bits per heavy atom. The van der Waals surface area contributed by atoms with Gasteiger partial charge in [0.25, 0.3) is 0 Å². The lowest BCUT2D eigenvalue weighted by Gasteiger charge is -2.13. The molecule has 82 valence electrons. The van der Waals surface area contributed by atoms with Gasteiger partial charge in [0.2, 0.25) is 0 Å². The molecule has 2 rings (SSSR count). The summed E-state index contributed by atoms with van der Waals surface area (Å²) in [6.07, 6.45) is 3.21. The van der Waals surface area contributed by atoms with Crippen LogP contribution in [0.5, 0.6) is 0 Å². The molecule has 0 bridgehead atoms. The molecule has 0 spiro atoms. The minimum absolute atomic E-state index is 0.390. The number of anilines is 1. The Bertz CT molecular complexity index is 307. The number of rotatable bonds is 3. The molecule has 0 radical (unpaired) electrons. The fourth-order valence-electron chi connectivity index (χ4n) is 1.94. The van der Waals surface area contributed by atoms with E-state index in [0.29, 0.717) is 12.2 Å². The van der Waals surface area contributed by atoms with Crippen LogP contribution in [0.1, 0.15) is 25.3 Å². The highest BCUT2D eigenvalue weighted by Gasteiger charge is 2.20. The molecule has 1 aromatic carbocycles. The molecule has 2 nitrogen and oxygen atoms in total. The Labute approximate surface area is 91.6 Å². The van der Waals surface area contributed by atoms with Crippen molar-refractivity contribution in [2.24, 2.45) is 0 Å². The van der Waals surface area contributed by atoms with Crippen LogP contribution in [0.3, 0.4) is 0 Å². The van der Waals surface area contributed by atoms with Crippen LogP contribution in [0, 0.1) is 6.92 Å². The topological polar surface area (TPSA) is 21.3 Å². The maximum atomic E-state index is 5.74. The number of benzene rings is 1. The van der Waals surface area contributed by atoms with Crippen LogP contribution < -0.4 is 5.32 Å². The predicted octanol–water partition coefficient (Wildman–Crippen LogP) is 2.97. The van der Waals surface area contributed by atoms with E-state index < -0.39 is 0 Å². The van der Waals surface area contributed by atoms with Crippen LogP contribution in [0.4, 0.5) is 5.69 Å². The Kier molecular flexibility index (Phi) is 3.27. The molecule has 2 atom stereocenters. The van der Waals surface area contributed by atoms with Gasteiger partial charge in [-0.1, -0.05) is 17.7 Å². The third kappa shape index (κ3) is 2.96. The fraction of sp³-hybridized carbons (Fsp3) is 0.538. The normalized spacial score (nSPS) is 25.5. The highest BCUT2D eigenvalue weighted by molar-refractivity contribution is 5.44. The zero-order chi connectivity index (χ0) is 10.7. The van der Waals surface area contributed by atoms with Gasteiger partial charge >= 0.3 is 0 Å². The van der Waals surface area contributed by atoms with Crippen LogP contribution in [-0.2, 0) is 4.74 Å². The van der Waals surface area contributed by atoms with E-state index >= 15 is 0 Å². The van der Waals surface area contributed by atoms with Crippen LogP contribution in [0.25, 0.3) is 0 Å². The zero-order valence-electron chi connectivity index (χ0n) is 9.49. The molecule has 1 saturated heterocycles. The Morgan fingerprint density at radius 2 is 2.00 bits per heavy atom. The second-order valence-electron chi connectivity index (χ2n) is 4.39. The number of aryl methyl sites for hydroxylation is 1. The molecule has 1 N–H and O–H groups in total. The standard InChI is InChI=1S/C13H19NO/c1-10-3-6-12(7-4-10)14-9-13-8-5-11(2)15-13/h3-4,6-7,11,13-14H,5,8-9H2,1-2H3. The lowest BCUT2D eigenvalue weighted by molar-refractivity contribution is 0.0637. The predicted molar refractivity (Wildman–Crippen MR) is 63.2 cm³/mol. The first-order chi connectivity index (χ1) is 7.24. The largest absolute Gasteiger partial charge is 0.382 e. The molecule has 1 aromatic rings. The summed E-state index contributed by atoms with van der Waals surface area (Å²) < 4.78 is 5.74. The maximum absolute atomic E-state index is 5.74. The summed E-state index contributed by atoms with van der Waals surface area (Å²) in [5.41, 5.74) is 2.48. The van der Waals surface area contributed by atoms with Crippen LogP contribution in [0.15, 0.2) is 24.3 Å². The molecule has 1 heterocycles. The molecule has 0 saturated carbocycles. The van der Waals surface area contributed by atoms with Crippen LogP contribution in [0.2, 0.25) is 0 Å². The van der Waals surface area contributed by atoms with E-state index in [1.165, 1.54) is 24.1 Å². The van der Waals surface area contributed by atoms with E-state index in [1.807, 2.05) is 0 Å². The first kappa shape index (κ1) is 10.5. The van der Waals surface area contributed by atoms with Crippen molar-refractivity contribution >= 4 is 5.69 Å². The van der Waals surface area contributed by atoms with Crippen LogP contribution >= 0.6 is 0 Å². The molecule has 15 heavy (non-hydrogen) atoms. The Balaban J connectivity index is 1.80. The third-order valence-corrected chi connectivity index (χ3v) is 2.91. The van der Waals surface area contributed by atoms with E-state index in [0.717, 1.165) is 6.54 Å². The van der Waals surface area contributed by atoms with E-state index in [2.05, 4.69) is 43.4 Å². The highest BCUT2D eigenvalue weighted by Crippen LogP contribution is 2.19. The summed E-state index contributed by atoms with van der Waals surface area (Å²) in [4.78, 5) is 0. The summed E-state index contributed by atoms with van der Waals surface area (Å²) in [5.74, 6) is 0. The quantitative estimate of drug-likeness (QED) is 0.819. The molecular weight excluding hydrogens is 186 g/mol. The molecule has 0 aliphatic carbocycles. The van der Waals surface area contributed by atoms with Gasteiger partial charge in [0.05, 0.1) is 12.2 Å². The van der Waals surface area contributed by atoms with E-state index in [1.54, 1.807) is 0 Å². The van der Waals surface area contributed by atoms with Gasteiger partial charge < -0.3 is 10.1 Å². The van der Waals surface area contributed by atoms with Crippen molar-refractivity contribution in [2.75, 3.05) is 11.9 Å². The number of hydrogen-bond donors (Lipinski definition) is 1. The molecule has 1 aliphatic heterocycles. The molecule has 2 heteroatoms. The van der Waals surface area contributed by atoms with Gasteiger partial charge in [-0.15, -0.1) is 0 Å². The lowest BCUT2D eigenvalue weighted by Crippen LogP contribution is -2.19. The van der Waals surface area contributed by atoms with E-state index in [9.17, 15) is 0 Å². The Hall–Kier alpha value is -1.02. The van der Waals surface area contributed by atoms with Gasteiger partial charge in [0.1, 0.15) is 0 Å². The van der Waals surface area contributed by atoms with Gasteiger partial charge in [0.15, 0.2) is 0 Å². The highest BCUT2D eigenvalue weighted by atomic mass is 16.5. The Morgan fingerprint density at radius 1 is 1.27 bits per heavy atom. The maximum Gasteiger partial charge on any atom is 0.0751 e.